The van der Waals surface area contributed by atoms with Gasteiger partial charge >= 0.3 is 5.97 Å². The molecule has 0 spiro atoms. The van der Waals surface area contributed by atoms with E-state index in [-0.39, 0.29) is 6.42 Å². The maximum Gasteiger partial charge on any atom is 0.307 e. The van der Waals surface area contributed by atoms with Gasteiger partial charge in [-0.2, -0.15) is 0 Å². The molecule has 1 aliphatic rings. The molecule has 0 heterocycles. The first kappa shape index (κ1) is 11.7. The van der Waals surface area contributed by atoms with Crippen molar-refractivity contribution in [2.45, 2.75) is 26.2 Å². The second kappa shape index (κ2) is 4.62. The SMILES string of the molecule is COc1ccc2c(c1)C(C)=C(CC(=O)O)CC2. The number of aliphatic carboxylic acids is 1. The van der Waals surface area contributed by atoms with Crippen molar-refractivity contribution in [3.63, 3.8) is 0 Å². The molecule has 3 heteroatoms. The van der Waals surface area contributed by atoms with Crippen molar-refractivity contribution in [3.05, 3.63) is 34.9 Å². The lowest BCUT2D eigenvalue weighted by Gasteiger charge is -2.21. The summed E-state index contributed by atoms with van der Waals surface area (Å²) in [5.74, 6) is 0.0605. The lowest BCUT2D eigenvalue weighted by molar-refractivity contribution is -0.136. The number of hydrogen-bond donors (Lipinski definition) is 1. The molecule has 0 saturated carbocycles. The van der Waals surface area contributed by atoms with Crippen LogP contribution in [-0.2, 0) is 11.2 Å². The Morgan fingerprint density at radius 3 is 2.82 bits per heavy atom. The first-order valence-corrected chi connectivity index (χ1v) is 5.69. The van der Waals surface area contributed by atoms with Crippen LogP contribution in [0.5, 0.6) is 5.75 Å². The van der Waals surface area contributed by atoms with Crippen molar-refractivity contribution in [1.82, 2.24) is 0 Å². The van der Waals surface area contributed by atoms with E-state index in [1.54, 1.807) is 7.11 Å². The summed E-state index contributed by atoms with van der Waals surface area (Å²) < 4.78 is 5.21. The van der Waals surface area contributed by atoms with Gasteiger partial charge in [0.15, 0.2) is 0 Å². The number of carbonyl (C=O) groups is 1. The van der Waals surface area contributed by atoms with Gasteiger partial charge in [0, 0.05) is 0 Å². The van der Waals surface area contributed by atoms with E-state index >= 15 is 0 Å². The predicted molar refractivity (Wildman–Crippen MR) is 66.2 cm³/mol. The van der Waals surface area contributed by atoms with Gasteiger partial charge in [0.25, 0.3) is 0 Å². The molecule has 0 bridgehead atoms. The summed E-state index contributed by atoms with van der Waals surface area (Å²) in [6.07, 6.45) is 1.90. The van der Waals surface area contributed by atoms with Crippen molar-refractivity contribution in [2.24, 2.45) is 0 Å². The molecule has 0 saturated heterocycles. The van der Waals surface area contributed by atoms with Crippen molar-refractivity contribution in [3.8, 4) is 5.75 Å². The fourth-order valence-electron chi connectivity index (χ4n) is 2.32. The molecule has 2 rings (SSSR count). The quantitative estimate of drug-likeness (QED) is 0.871. The fraction of sp³-hybridized carbons (Fsp3) is 0.357. The third-order valence-corrected chi connectivity index (χ3v) is 3.31. The minimum atomic E-state index is -0.759. The van der Waals surface area contributed by atoms with Crippen LogP contribution in [0.4, 0.5) is 0 Å². The van der Waals surface area contributed by atoms with Crippen LogP contribution in [0.2, 0.25) is 0 Å². The van der Waals surface area contributed by atoms with Crippen LogP contribution in [0.3, 0.4) is 0 Å². The largest absolute Gasteiger partial charge is 0.497 e. The minimum Gasteiger partial charge on any atom is -0.497 e. The average Bonchev–Trinajstić information content (AvgIpc) is 2.32. The lowest BCUT2D eigenvalue weighted by atomic mass is 9.85. The van der Waals surface area contributed by atoms with Crippen molar-refractivity contribution in [2.75, 3.05) is 7.11 Å². The number of rotatable bonds is 3. The molecule has 1 N–H and O–H groups in total. The summed E-state index contributed by atoms with van der Waals surface area (Å²) in [6.45, 7) is 2.00. The molecule has 0 radical (unpaired) electrons. The van der Waals surface area contributed by atoms with E-state index in [0.29, 0.717) is 0 Å². The standard InChI is InChI=1S/C14H16O3/c1-9-11(7-14(15)16)4-3-10-5-6-12(17-2)8-13(9)10/h5-6,8H,3-4,7H2,1-2H3,(H,15,16). The number of hydrogen-bond acceptors (Lipinski definition) is 2. The number of benzene rings is 1. The number of ether oxygens (including phenoxy) is 1. The molecule has 1 aromatic rings. The summed E-state index contributed by atoms with van der Waals surface area (Å²) in [5.41, 5.74) is 4.52. The van der Waals surface area contributed by atoms with E-state index in [0.717, 1.165) is 35.3 Å². The summed E-state index contributed by atoms with van der Waals surface area (Å²) in [6, 6.07) is 6.01. The van der Waals surface area contributed by atoms with Gasteiger partial charge in [0.05, 0.1) is 13.5 Å². The van der Waals surface area contributed by atoms with Gasteiger partial charge in [0.2, 0.25) is 0 Å². The Kier molecular flexibility index (Phi) is 3.18. The van der Waals surface area contributed by atoms with Crippen LogP contribution in [0, 0.1) is 0 Å². The Labute approximate surface area is 101 Å². The van der Waals surface area contributed by atoms with Crippen LogP contribution < -0.4 is 4.74 Å². The topological polar surface area (TPSA) is 46.5 Å². The zero-order valence-corrected chi connectivity index (χ0v) is 10.1. The van der Waals surface area contributed by atoms with Crippen LogP contribution in [0.15, 0.2) is 23.8 Å². The number of allylic oxidation sites excluding steroid dienone is 1. The maximum absolute atomic E-state index is 10.8. The molecule has 90 valence electrons. The molecule has 0 amide bonds. The number of methoxy groups -OCH3 is 1. The molecule has 0 atom stereocenters. The van der Waals surface area contributed by atoms with Gasteiger partial charge in [-0.05, 0) is 48.6 Å². The second-order valence-electron chi connectivity index (χ2n) is 4.32. The van der Waals surface area contributed by atoms with Crippen molar-refractivity contribution >= 4 is 11.5 Å². The third-order valence-electron chi connectivity index (χ3n) is 3.31. The Morgan fingerprint density at radius 2 is 2.18 bits per heavy atom. The maximum atomic E-state index is 10.8. The van der Waals surface area contributed by atoms with Gasteiger partial charge in [-0.25, -0.2) is 0 Å². The summed E-state index contributed by atoms with van der Waals surface area (Å²) >= 11 is 0. The van der Waals surface area contributed by atoms with Gasteiger partial charge in [-0.1, -0.05) is 11.6 Å². The van der Waals surface area contributed by atoms with Crippen LogP contribution in [-0.4, -0.2) is 18.2 Å². The Bertz CT molecular complexity index is 486. The zero-order chi connectivity index (χ0) is 12.4. The Morgan fingerprint density at radius 1 is 1.41 bits per heavy atom. The summed E-state index contributed by atoms with van der Waals surface area (Å²) in [5, 5.41) is 8.87. The summed E-state index contributed by atoms with van der Waals surface area (Å²) in [7, 11) is 1.64. The van der Waals surface area contributed by atoms with Gasteiger partial charge in [-0.15, -0.1) is 0 Å². The number of carboxylic acids is 1. The molecule has 0 fully saturated rings. The fourth-order valence-corrected chi connectivity index (χ4v) is 2.32. The van der Waals surface area contributed by atoms with E-state index in [4.69, 9.17) is 9.84 Å². The van der Waals surface area contributed by atoms with Crippen LogP contribution >= 0.6 is 0 Å². The van der Waals surface area contributed by atoms with Crippen LogP contribution in [0.1, 0.15) is 30.9 Å². The molecular formula is C14H16O3. The normalized spacial score (nSPS) is 14.5. The average molecular weight is 232 g/mol. The molecule has 1 aromatic carbocycles. The first-order chi connectivity index (χ1) is 8.11. The number of fused-ring (bicyclic) bond motifs is 1. The smallest absolute Gasteiger partial charge is 0.307 e. The Balaban J connectivity index is 2.42. The predicted octanol–water partition coefficient (Wildman–Crippen LogP) is 2.89. The molecule has 17 heavy (non-hydrogen) atoms. The highest BCUT2D eigenvalue weighted by atomic mass is 16.5. The lowest BCUT2D eigenvalue weighted by Crippen LogP contribution is -2.07. The van der Waals surface area contributed by atoms with E-state index in [9.17, 15) is 4.79 Å². The van der Waals surface area contributed by atoms with Crippen molar-refractivity contribution < 1.29 is 14.6 Å². The van der Waals surface area contributed by atoms with Gasteiger partial charge in [0.1, 0.15) is 5.75 Å². The highest BCUT2D eigenvalue weighted by Crippen LogP contribution is 2.34. The second-order valence-corrected chi connectivity index (χ2v) is 4.32. The highest BCUT2D eigenvalue weighted by molar-refractivity contribution is 5.79. The number of aryl methyl sites for hydroxylation is 1. The van der Waals surface area contributed by atoms with Crippen molar-refractivity contribution in [1.29, 1.82) is 0 Å². The minimum absolute atomic E-state index is 0.141. The van der Waals surface area contributed by atoms with E-state index in [1.165, 1.54) is 5.56 Å². The molecule has 0 unspecified atom stereocenters. The molecule has 0 aromatic heterocycles. The summed E-state index contributed by atoms with van der Waals surface area (Å²) in [4.78, 5) is 10.8. The molecular weight excluding hydrogens is 216 g/mol. The molecule has 3 nitrogen and oxygen atoms in total. The molecule has 1 aliphatic carbocycles. The monoisotopic (exact) mass is 232 g/mol. The zero-order valence-electron chi connectivity index (χ0n) is 10.1. The van der Waals surface area contributed by atoms with E-state index in [1.807, 2.05) is 19.1 Å². The van der Waals surface area contributed by atoms with Gasteiger partial charge in [-0.3, -0.25) is 4.79 Å². The van der Waals surface area contributed by atoms with Gasteiger partial charge < -0.3 is 9.84 Å². The van der Waals surface area contributed by atoms with Crippen LogP contribution in [0.25, 0.3) is 5.57 Å². The van der Waals surface area contributed by atoms with E-state index < -0.39 is 5.97 Å². The van der Waals surface area contributed by atoms with E-state index in [2.05, 4.69) is 6.07 Å². The third kappa shape index (κ3) is 2.33. The highest BCUT2D eigenvalue weighted by Gasteiger charge is 2.18. The first-order valence-electron chi connectivity index (χ1n) is 5.69. The number of carboxylic acid groups (broad SMARTS) is 1. The Hall–Kier alpha value is -1.77. The molecule has 0 aliphatic heterocycles.